The van der Waals surface area contributed by atoms with Crippen molar-refractivity contribution < 1.29 is 0 Å². The third kappa shape index (κ3) is 4.01. The minimum absolute atomic E-state index is 0.201. The highest BCUT2D eigenvalue weighted by Gasteiger charge is 2.16. The summed E-state index contributed by atoms with van der Waals surface area (Å²) in [5, 5.41) is 6.70. The second-order valence-electron chi connectivity index (χ2n) is 3.87. The summed E-state index contributed by atoms with van der Waals surface area (Å²) >= 11 is 8.79. The van der Waals surface area contributed by atoms with Gasteiger partial charge in [0.25, 0.3) is 0 Å². The zero-order chi connectivity index (χ0) is 10.6. The van der Waals surface area contributed by atoms with E-state index in [-0.39, 0.29) is 5.54 Å². The lowest BCUT2D eigenvalue weighted by Crippen LogP contribution is -2.38. The van der Waals surface area contributed by atoms with Crippen LogP contribution in [0.5, 0.6) is 0 Å². The fourth-order valence-electron chi connectivity index (χ4n) is 1.10. The number of nitrogens with one attached hydrogen (secondary N) is 1. The number of hydrogen-bond acceptors (Lipinski definition) is 2. The molecule has 14 heavy (non-hydrogen) atoms. The number of thiophene rings is 1. The van der Waals surface area contributed by atoms with Crippen molar-refractivity contribution in [3.05, 3.63) is 20.8 Å². The molecule has 0 spiro atoms. The van der Waals surface area contributed by atoms with Gasteiger partial charge in [0.2, 0.25) is 0 Å². The largest absolute Gasteiger partial charge is 0.307 e. The van der Waals surface area contributed by atoms with E-state index in [2.05, 4.69) is 62.5 Å². The number of hydrogen-bond donors (Lipinski definition) is 1. The first kappa shape index (κ1) is 12.7. The summed E-state index contributed by atoms with van der Waals surface area (Å²) in [5.74, 6) is 0. The molecule has 4 heteroatoms. The minimum Gasteiger partial charge on any atom is -0.307 e. The zero-order valence-corrected chi connectivity index (χ0v) is 12.4. The predicted octanol–water partition coefficient (Wildman–Crippen LogP) is 4.16. The summed E-state index contributed by atoms with van der Waals surface area (Å²) in [6, 6.07) is 2.10. The molecule has 0 fully saturated rings. The van der Waals surface area contributed by atoms with Crippen LogP contribution in [0.25, 0.3) is 0 Å². The van der Waals surface area contributed by atoms with Crippen LogP contribution in [0.2, 0.25) is 0 Å². The van der Waals surface area contributed by atoms with Gasteiger partial charge < -0.3 is 5.32 Å². The van der Waals surface area contributed by atoms with Crippen LogP contribution in [0.1, 0.15) is 25.1 Å². The molecule has 0 bridgehead atoms. The van der Waals surface area contributed by atoms with Crippen LogP contribution in [0.4, 0.5) is 0 Å². The Morgan fingerprint density at radius 2 is 2.21 bits per heavy atom. The number of alkyl halides is 1. The topological polar surface area (TPSA) is 12.0 Å². The molecular formula is C10H15Br2NS. The van der Waals surface area contributed by atoms with Crippen LogP contribution >= 0.6 is 43.2 Å². The first-order chi connectivity index (χ1) is 6.55. The fourth-order valence-corrected chi connectivity index (χ4v) is 3.52. The van der Waals surface area contributed by atoms with Crippen LogP contribution < -0.4 is 5.32 Å². The summed E-state index contributed by atoms with van der Waals surface area (Å²) in [6.45, 7) is 5.41. The Balaban J connectivity index is 2.44. The first-order valence-electron chi connectivity index (χ1n) is 4.58. The lowest BCUT2D eigenvalue weighted by molar-refractivity contribution is 0.379. The standard InChI is InChI=1S/C10H15Br2NS/c1-10(2,4-5-11)13-7-9-8(12)3-6-14-9/h3,6,13H,4-5,7H2,1-2H3. The van der Waals surface area contributed by atoms with E-state index in [0.29, 0.717) is 0 Å². The molecule has 1 rings (SSSR count). The summed E-state index contributed by atoms with van der Waals surface area (Å²) in [4.78, 5) is 1.37. The summed E-state index contributed by atoms with van der Waals surface area (Å²) in [5.41, 5.74) is 0.201. The highest BCUT2D eigenvalue weighted by molar-refractivity contribution is 9.10. The Kier molecular flexibility index (Phi) is 5.11. The molecule has 0 saturated carbocycles. The van der Waals surface area contributed by atoms with E-state index in [9.17, 15) is 0 Å². The highest BCUT2D eigenvalue weighted by Crippen LogP contribution is 2.23. The molecule has 80 valence electrons. The molecule has 0 radical (unpaired) electrons. The van der Waals surface area contributed by atoms with Crippen LogP contribution in [0, 0.1) is 0 Å². The van der Waals surface area contributed by atoms with Crippen molar-refractivity contribution in [3.8, 4) is 0 Å². The minimum atomic E-state index is 0.201. The Labute approximate surface area is 107 Å². The van der Waals surface area contributed by atoms with E-state index < -0.39 is 0 Å². The Morgan fingerprint density at radius 3 is 2.71 bits per heavy atom. The van der Waals surface area contributed by atoms with Crippen molar-refractivity contribution in [2.45, 2.75) is 32.4 Å². The lowest BCUT2D eigenvalue weighted by atomic mass is 10.0. The van der Waals surface area contributed by atoms with Crippen molar-refractivity contribution in [3.63, 3.8) is 0 Å². The van der Waals surface area contributed by atoms with Crippen LogP contribution in [0.3, 0.4) is 0 Å². The number of rotatable bonds is 5. The van der Waals surface area contributed by atoms with Gasteiger partial charge in [-0.2, -0.15) is 0 Å². The zero-order valence-electron chi connectivity index (χ0n) is 8.44. The first-order valence-corrected chi connectivity index (χ1v) is 7.37. The lowest BCUT2D eigenvalue weighted by Gasteiger charge is -2.25. The third-order valence-electron chi connectivity index (χ3n) is 2.14. The molecule has 1 aromatic rings. The predicted molar refractivity (Wildman–Crippen MR) is 71.3 cm³/mol. The maximum atomic E-state index is 3.55. The molecule has 0 aliphatic carbocycles. The molecule has 1 N–H and O–H groups in total. The van der Waals surface area contributed by atoms with Crippen molar-refractivity contribution >= 4 is 43.2 Å². The molecule has 0 aliphatic heterocycles. The Bertz CT molecular complexity index is 283. The third-order valence-corrected chi connectivity index (χ3v) is 4.46. The average Bonchev–Trinajstić information content (AvgIpc) is 2.48. The van der Waals surface area contributed by atoms with Crippen LogP contribution in [-0.2, 0) is 6.54 Å². The second-order valence-corrected chi connectivity index (χ2v) is 6.52. The SMILES string of the molecule is CC(C)(CCBr)NCc1sccc1Br. The molecule has 0 saturated heterocycles. The van der Waals surface area contributed by atoms with Crippen molar-refractivity contribution in [1.29, 1.82) is 0 Å². The monoisotopic (exact) mass is 339 g/mol. The smallest absolute Gasteiger partial charge is 0.0327 e. The van der Waals surface area contributed by atoms with Gasteiger partial charge in [-0.05, 0) is 47.6 Å². The van der Waals surface area contributed by atoms with Crippen molar-refractivity contribution in [1.82, 2.24) is 5.32 Å². The molecule has 0 atom stereocenters. The van der Waals surface area contributed by atoms with E-state index in [1.54, 1.807) is 11.3 Å². The Morgan fingerprint density at radius 1 is 1.50 bits per heavy atom. The van der Waals surface area contributed by atoms with E-state index in [1.807, 2.05) is 0 Å². The van der Waals surface area contributed by atoms with Gasteiger partial charge in [0, 0.05) is 26.8 Å². The van der Waals surface area contributed by atoms with Crippen molar-refractivity contribution in [2.75, 3.05) is 5.33 Å². The molecule has 0 aliphatic rings. The molecule has 0 unspecified atom stereocenters. The van der Waals surface area contributed by atoms with Crippen LogP contribution in [-0.4, -0.2) is 10.9 Å². The van der Waals surface area contributed by atoms with Gasteiger partial charge in [0.1, 0.15) is 0 Å². The van der Waals surface area contributed by atoms with Gasteiger partial charge in [0.15, 0.2) is 0 Å². The average molecular weight is 341 g/mol. The fraction of sp³-hybridized carbons (Fsp3) is 0.600. The van der Waals surface area contributed by atoms with Gasteiger partial charge in [-0.25, -0.2) is 0 Å². The molecular weight excluding hydrogens is 326 g/mol. The number of halogens is 2. The summed E-state index contributed by atoms with van der Waals surface area (Å²) < 4.78 is 1.21. The van der Waals surface area contributed by atoms with Gasteiger partial charge in [-0.1, -0.05) is 15.9 Å². The highest BCUT2D eigenvalue weighted by atomic mass is 79.9. The Hall–Kier alpha value is 0.620. The maximum Gasteiger partial charge on any atom is 0.0327 e. The normalized spacial score (nSPS) is 12.0. The molecule has 0 amide bonds. The van der Waals surface area contributed by atoms with E-state index in [4.69, 9.17) is 0 Å². The van der Waals surface area contributed by atoms with Gasteiger partial charge >= 0.3 is 0 Å². The molecule has 1 aromatic heterocycles. The van der Waals surface area contributed by atoms with E-state index in [1.165, 1.54) is 9.35 Å². The van der Waals surface area contributed by atoms with Gasteiger partial charge in [0.05, 0.1) is 0 Å². The van der Waals surface area contributed by atoms with E-state index >= 15 is 0 Å². The maximum absolute atomic E-state index is 3.55. The molecule has 1 heterocycles. The van der Waals surface area contributed by atoms with E-state index in [0.717, 1.165) is 18.3 Å². The van der Waals surface area contributed by atoms with Gasteiger partial charge in [-0.15, -0.1) is 11.3 Å². The summed E-state index contributed by atoms with van der Waals surface area (Å²) in [7, 11) is 0. The molecule has 1 nitrogen and oxygen atoms in total. The summed E-state index contributed by atoms with van der Waals surface area (Å²) in [6.07, 6.45) is 1.13. The second kappa shape index (κ2) is 5.64. The van der Waals surface area contributed by atoms with Gasteiger partial charge in [-0.3, -0.25) is 0 Å². The van der Waals surface area contributed by atoms with Crippen molar-refractivity contribution in [2.24, 2.45) is 0 Å². The quantitative estimate of drug-likeness (QED) is 0.793. The van der Waals surface area contributed by atoms with Crippen LogP contribution in [0.15, 0.2) is 15.9 Å². The molecule has 0 aromatic carbocycles.